The van der Waals surface area contributed by atoms with Gasteiger partial charge in [-0.05, 0) is 18.2 Å². The smallest absolute Gasteiger partial charge is 0.229 e. The second kappa shape index (κ2) is 12.4. The first-order valence-electron chi connectivity index (χ1n) is 13.4. The summed E-state index contributed by atoms with van der Waals surface area (Å²) < 4.78 is 27.6. The van der Waals surface area contributed by atoms with Crippen LogP contribution in [0.1, 0.15) is 11.7 Å². The molecule has 0 aliphatic carbocycles. The molecule has 10 atom stereocenters. The zero-order chi connectivity index (χ0) is 32.0. The molecule has 3 aromatic rings. The van der Waals surface area contributed by atoms with E-state index in [2.05, 4.69) is 0 Å². The molecular formula is C28H32O16. The lowest BCUT2D eigenvalue weighted by Crippen LogP contribution is -2.60. The monoisotopic (exact) mass is 624 g/mol. The Morgan fingerprint density at radius 3 is 2.05 bits per heavy atom. The number of aromatic hydroxyl groups is 2. The number of phenols is 2. The molecule has 44 heavy (non-hydrogen) atoms. The van der Waals surface area contributed by atoms with Crippen LogP contribution in [0.2, 0.25) is 0 Å². The number of fused-ring (bicyclic) bond motifs is 1. The van der Waals surface area contributed by atoms with Gasteiger partial charge in [-0.15, -0.1) is 0 Å². The average molecular weight is 625 g/mol. The number of aliphatic hydroxyl groups excluding tert-OH is 8. The molecule has 0 spiro atoms. The van der Waals surface area contributed by atoms with Crippen molar-refractivity contribution in [2.45, 2.75) is 61.2 Å². The predicted octanol–water partition coefficient (Wildman–Crippen LogP) is -2.43. The molecule has 3 heterocycles. The van der Waals surface area contributed by atoms with Gasteiger partial charge in [0, 0.05) is 17.7 Å². The quantitative estimate of drug-likeness (QED) is 0.131. The molecule has 0 unspecified atom stereocenters. The zero-order valence-electron chi connectivity index (χ0n) is 23.0. The molecule has 5 rings (SSSR count). The normalized spacial score (nSPS) is 32.5. The van der Waals surface area contributed by atoms with Crippen LogP contribution in [0.25, 0.3) is 22.3 Å². The molecule has 2 aliphatic rings. The van der Waals surface area contributed by atoms with Gasteiger partial charge < -0.3 is 74.4 Å². The molecule has 2 fully saturated rings. The molecule has 2 aromatic carbocycles. The maximum Gasteiger partial charge on any atom is 0.229 e. The summed E-state index contributed by atoms with van der Waals surface area (Å²) in [6.45, 7) is -1.42. The van der Waals surface area contributed by atoms with Crippen LogP contribution in [0.4, 0.5) is 0 Å². The van der Waals surface area contributed by atoms with Gasteiger partial charge in [0.05, 0.1) is 25.9 Å². The Bertz CT molecular complexity index is 1550. The lowest BCUT2D eigenvalue weighted by molar-refractivity contribution is -0.277. The summed E-state index contributed by atoms with van der Waals surface area (Å²) in [7, 11) is 1.22. The second-order valence-corrected chi connectivity index (χ2v) is 10.4. The van der Waals surface area contributed by atoms with Crippen molar-refractivity contribution in [3.63, 3.8) is 0 Å². The molecule has 16 nitrogen and oxygen atoms in total. The maximum absolute atomic E-state index is 13.3. The third-order valence-corrected chi connectivity index (χ3v) is 7.73. The van der Waals surface area contributed by atoms with E-state index in [0.717, 1.165) is 6.07 Å². The highest BCUT2D eigenvalue weighted by Crippen LogP contribution is 2.45. The Kier molecular flexibility index (Phi) is 9.01. The average Bonchev–Trinajstić information content (AvgIpc) is 3.01. The van der Waals surface area contributed by atoms with Gasteiger partial charge in [0.25, 0.3) is 0 Å². The molecule has 2 aliphatic heterocycles. The Balaban J connectivity index is 1.53. The van der Waals surface area contributed by atoms with E-state index in [9.17, 15) is 55.9 Å². The largest absolute Gasteiger partial charge is 0.506 e. The van der Waals surface area contributed by atoms with Crippen molar-refractivity contribution in [2.24, 2.45) is 0 Å². The van der Waals surface area contributed by atoms with E-state index >= 15 is 0 Å². The SMILES string of the molecule is COc1cc2oc(-c3ccc(O)c(O[C@@H]4O[C@H](CO)[C@@H](O)[C@H](O)[C@H]4O)c3)cc(=O)c2c(O)c1[C@@H]1O[C@H](CO)[C@@H](O)[C@H](O)[C@H]1O. The van der Waals surface area contributed by atoms with E-state index in [1.165, 1.54) is 31.4 Å². The molecule has 0 amide bonds. The minimum Gasteiger partial charge on any atom is -0.506 e. The Morgan fingerprint density at radius 2 is 1.41 bits per heavy atom. The topological polar surface area (TPSA) is 269 Å². The standard InChI is InChI=1S/C28H32O16/c1-40-14-6-15-18(22(35)19(14)27-25(38)23(36)20(33)16(7-29)42-27)11(32)5-12(41-15)9-2-3-10(31)13(4-9)43-28-26(39)24(37)21(34)17(8-30)44-28/h2-6,16-17,20-21,23-31,33-39H,7-8H2,1H3/t16-,17-,20-,21-,23+,24+,25-,26-,27+,28-/m1/s1. The van der Waals surface area contributed by atoms with Crippen LogP contribution >= 0.6 is 0 Å². The summed E-state index contributed by atoms with van der Waals surface area (Å²) in [5.74, 6) is -1.63. The number of benzene rings is 2. The van der Waals surface area contributed by atoms with Gasteiger partial charge in [-0.1, -0.05) is 0 Å². The fraction of sp³-hybridized carbons (Fsp3) is 0.464. The van der Waals surface area contributed by atoms with Gasteiger partial charge in [0.2, 0.25) is 6.29 Å². The summed E-state index contributed by atoms with van der Waals surface area (Å²) in [6, 6.07) is 6.00. The summed E-state index contributed by atoms with van der Waals surface area (Å²) in [5, 5.41) is 101. The fourth-order valence-electron chi connectivity index (χ4n) is 5.27. The van der Waals surface area contributed by atoms with Crippen molar-refractivity contribution in [3.8, 4) is 34.3 Å². The number of ether oxygens (including phenoxy) is 4. The molecule has 0 radical (unpaired) electrons. The number of rotatable bonds is 7. The lowest BCUT2D eigenvalue weighted by Gasteiger charge is -2.40. The minimum atomic E-state index is -1.78. The van der Waals surface area contributed by atoms with Crippen LogP contribution in [0.15, 0.2) is 39.5 Å². The molecule has 0 bridgehead atoms. The number of hydrogen-bond donors (Lipinski definition) is 10. The highest BCUT2D eigenvalue weighted by Gasteiger charge is 2.47. The maximum atomic E-state index is 13.3. The van der Waals surface area contributed by atoms with Crippen molar-refractivity contribution >= 4 is 11.0 Å². The van der Waals surface area contributed by atoms with Crippen LogP contribution in [0.5, 0.6) is 23.0 Å². The van der Waals surface area contributed by atoms with E-state index in [0.29, 0.717) is 0 Å². The van der Waals surface area contributed by atoms with Crippen LogP contribution in [-0.4, -0.2) is 127 Å². The van der Waals surface area contributed by atoms with Gasteiger partial charge in [-0.3, -0.25) is 4.79 Å². The fourth-order valence-corrected chi connectivity index (χ4v) is 5.27. The third-order valence-electron chi connectivity index (χ3n) is 7.73. The molecular weight excluding hydrogens is 592 g/mol. The van der Waals surface area contributed by atoms with E-state index in [1.807, 2.05) is 0 Å². The Hall–Kier alpha value is -3.55. The highest BCUT2D eigenvalue weighted by atomic mass is 16.7. The van der Waals surface area contributed by atoms with Gasteiger partial charge >= 0.3 is 0 Å². The molecule has 16 heteroatoms. The molecule has 10 N–H and O–H groups in total. The second-order valence-electron chi connectivity index (χ2n) is 10.4. The van der Waals surface area contributed by atoms with Crippen LogP contribution in [0, 0.1) is 0 Å². The molecule has 240 valence electrons. The first kappa shape index (κ1) is 31.9. The highest BCUT2D eigenvalue weighted by molar-refractivity contribution is 5.88. The van der Waals surface area contributed by atoms with E-state index < -0.39 is 91.4 Å². The molecule has 0 saturated carbocycles. The van der Waals surface area contributed by atoms with Crippen molar-refractivity contribution in [1.29, 1.82) is 0 Å². The van der Waals surface area contributed by atoms with Gasteiger partial charge in [0.15, 0.2) is 16.9 Å². The number of phenolic OH excluding ortho intramolecular Hbond substituents is 2. The Morgan fingerprint density at radius 1 is 0.773 bits per heavy atom. The first-order valence-corrected chi connectivity index (χ1v) is 13.4. The number of aliphatic hydroxyl groups is 8. The van der Waals surface area contributed by atoms with Crippen molar-refractivity contribution in [2.75, 3.05) is 20.3 Å². The number of methoxy groups -OCH3 is 1. The predicted molar refractivity (Wildman–Crippen MR) is 145 cm³/mol. The van der Waals surface area contributed by atoms with E-state index in [4.69, 9.17) is 23.4 Å². The summed E-state index contributed by atoms with van der Waals surface area (Å²) in [4.78, 5) is 13.3. The van der Waals surface area contributed by atoms with Crippen LogP contribution < -0.4 is 14.9 Å². The van der Waals surface area contributed by atoms with Crippen LogP contribution in [-0.2, 0) is 9.47 Å². The van der Waals surface area contributed by atoms with Gasteiger partial charge in [-0.25, -0.2) is 0 Å². The van der Waals surface area contributed by atoms with E-state index in [1.54, 1.807) is 0 Å². The summed E-state index contributed by atoms with van der Waals surface area (Å²) in [5.41, 5.74) is -1.02. The first-order chi connectivity index (χ1) is 20.9. The van der Waals surface area contributed by atoms with Crippen LogP contribution in [0.3, 0.4) is 0 Å². The van der Waals surface area contributed by atoms with Crippen molar-refractivity contribution in [1.82, 2.24) is 0 Å². The Labute approximate surface area is 247 Å². The lowest BCUT2D eigenvalue weighted by atomic mass is 9.89. The van der Waals surface area contributed by atoms with Gasteiger partial charge in [0.1, 0.15) is 83.2 Å². The summed E-state index contributed by atoms with van der Waals surface area (Å²) >= 11 is 0. The molecule has 2 saturated heterocycles. The van der Waals surface area contributed by atoms with Crippen molar-refractivity contribution < 1.29 is 74.4 Å². The van der Waals surface area contributed by atoms with E-state index in [-0.39, 0.29) is 39.4 Å². The minimum absolute atomic E-state index is 0.0804. The third kappa shape index (κ3) is 5.45. The van der Waals surface area contributed by atoms with Gasteiger partial charge in [-0.2, -0.15) is 0 Å². The molecule has 1 aromatic heterocycles. The summed E-state index contributed by atoms with van der Waals surface area (Å²) in [6.07, 6.45) is -16.0. The van der Waals surface area contributed by atoms with Crippen molar-refractivity contribution in [3.05, 3.63) is 46.1 Å². The zero-order valence-corrected chi connectivity index (χ0v) is 23.0. The number of hydrogen-bond acceptors (Lipinski definition) is 16.